The van der Waals surface area contributed by atoms with Crippen molar-refractivity contribution in [2.24, 2.45) is 0 Å². The lowest BCUT2D eigenvalue weighted by Crippen LogP contribution is -2.30. The van der Waals surface area contributed by atoms with Gasteiger partial charge in [0.25, 0.3) is 0 Å². The van der Waals surface area contributed by atoms with Crippen LogP contribution in [0.3, 0.4) is 0 Å². The highest BCUT2D eigenvalue weighted by atomic mass is 16.6. The van der Waals surface area contributed by atoms with Gasteiger partial charge in [0.05, 0.1) is 0 Å². The quantitative estimate of drug-likeness (QED) is 0.0261. The Morgan fingerprint density at radius 3 is 0.875 bits per heavy atom. The highest BCUT2D eigenvalue weighted by molar-refractivity contribution is 5.71. The van der Waals surface area contributed by atoms with Gasteiger partial charge >= 0.3 is 17.9 Å². The molecule has 0 aromatic rings. The van der Waals surface area contributed by atoms with Gasteiger partial charge in [-0.1, -0.05) is 275 Å². The first kappa shape index (κ1) is 69.4. The van der Waals surface area contributed by atoms with Crippen LogP contribution in [0, 0.1) is 0 Å². The average molecular weight is 1010 g/mol. The topological polar surface area (TPSA) is 78.9 Å². The van der Waals surface area contributed by atoms with E-state index in [0.717, 1.165) is 89.9 Å². The van der Waals surface area contributed by atoms with Crippen molar-refractivity contribution in [1.29, 1.82) is 0 Å². The molecule has 0 spiro atoms. The molecule has 0 N–H and O–H groups in total. The van der Waals surface area contributed by atoms with Crippen LogP contribution in [-0.4, -0.2) is 37.2 Å². The molecule has 0 saturated carbocycles. The highest BCUT2D eigenvalue weighted by Gasteiger charge is 2.19. The van der Waals surface area contributed by atoms with Crippen LogP contribution in [0.5, 0.6) is 0 Å². The molecule has 6 nitrogen and oxygen atoms in total. The molecule has 0 saturated heterocycles. The van der Waals surface area contributed by atoms with E-state index in [2.05, 4.69) is 69.4 Å². The monoisotopic (exact) mass is 1010 g/mol. The maximum atomic E-state index is 12.8. The Labute approximate surface area is 448 Å². The van der Waals surface area contributed by atoms with Gasteiger partial charge in [-0.2, -0.15) is 0 Å². The zero-order chi connectivity index (χ0) is 52.2. The van der Waals surface area contributed by atoms with Crippen LogP contribution in [0.4, 0.5) is 0 Å². The van der Waals surface area contributed by atoms with Crippen LogP contribution in [-0.2, 0) is 28.6 Å². The summed E-state index contributed by atoms with van der Waals surface area (Å²) in [6.45, 7) is 6.54. The summed E-state index contributed by atoms with van der Waals surface area (Å²) in [5.74, 6) is -0.884. The standard InChI is InChI=1S/C66H120O6/c1-4-7-10-13-16-19-22-23-24-25-26-27-28-29-30-31-32-33-34-35-36-37-38-39-40-41-42-43-45-47-50-53-56-59-65(68)71-62-63(61-70-64(67)58-55-52-49-46-21-18-15-12-9-6-3)72-66(69)60-57-54-51-48-44-20-17-14-11-8-5-2/h12,14-15,17,22-23,25-26,63H,4-11,13,16,18-21,24,27-62H2,1-3H3/b15-12-,17-14-,23-22-,26-25-. The minimum atomic E-state index is -0.777. The lowest BCUT2D eigenvalue weighted by Gasteiger charge is -2.18. The Balaban J connectivity index is 3.97. The fourth-order valence-corrected chi connectivity index (χ4v) is 9.22. The predicted molar refractivity (Wildman–Crippen MR) is 312 cm³/mol. The van der Waals surface area contributed by atoms with Gasteiger partial charge in [0.2, 0.25) is 0 Å². The molecule has 6 heteroatoms. The number of ether oxygens (including phenoxy) is 3. The van der Waals surface area contributed by atoms with E-state index in [9.17, 15) is 14.4 Å². The predicted octanol–water partition coefficient (Wildman–Crippen LogP) is 21.4. The van der Waals surface area contributed by atoms with Gasteiger partial charge in [0, 0.05) is 19.3 Å². The van der Waals surface area contributed by atoms with Gasteiger partial charge in [-0.3, -0.25) is 14.4 Å². The molecule has 0 aliphatic heterocycles. The first-order valence-corrected chi connectivity index (χ1v) is 31.6. The molecule has 0 aromatic carbocycles. The molecule has 420 valence electrons. The summed E-state index contributed by atoms with van der Waals surface area (Å²) in [6, 6.07) is 0. The fourth-order valence-electron chi connectivity index (χ4n) is 9.22. The first-order chi connectivity index (χ1) is 35.5. The van der Waals surface area contributed by atoms with Gasteiger partial charge in [-0.25, -0.2) is 0 Å². The van der Waals surface area contributed by atoms with Crippen molar-refractivity contribution < 1.29 is 28.6 Å². The second-order valence-electron chi connectivity index (χ2n) is 21.3. The Hall–Kier alpha value is -2.63. The van der Waals surface area contributed by atoms with Crippen LogP contribution in [0.2, 0.25) is 0 Å². The molecule has 0 fully saturated rings. The lowest BCUT2D eigenvalue weighted by atomic mass is 10.0. The summed E-state index contributed by atoms with van der Waals surface area (Å²) in [4.78, 5) is 38.0. The van der Waals surface area contributed by atoms with Crippen molar-refractivity contribution in [2.75, 3.05) is 13.2 Å². The summed E-state index contributed by atoms with van der Waals surface area (Å²) in [5.41, 5.74) is 0. The molecule has 72 heavy (non-hydrogen) atoms. The van der Waals surface area contributed by atoms with Crippen LogP contribution in [0.25, 0.3) is 0 Å². The van der Waals surface area contributed by atoms with Crippen molar-refractivity contribution in [2.45, 2.75) is 341 Å². The van der Waals surface area contributed by atoms with Crippen molar-refractivity contribution in [3.63, 3.8) is 0 Å². The van der Waals surface area contributed by atoms with Crippen molar-refractivity contribution in [3.8, 4) is 0 Å². The van der Waals surface area contributed by atoms with E-state index >= 15 is 0 Å². The van der Waals surface area contributed by atoms with Crippen LogP contribution in [0.15, 0.2) is 48.6 Å². The Morgan fingerprint density at radius 2 is 0.542 bits per heavy atom. The molecule has 0 heterocycles. The van der Waals surface area contributed by atoms with Gasteiger partial charge in [0.15, 0.2) is 6.10 Å². The van der Waals surface area contributed by atoms with E-state index < -0.39 is 6.10 Å². The van der Waals surface area contributed by atoms with Crippen LogP contribution < -0.4 is 0 Å². The molecule has 0 radical (unpaired) electrons. The number of carbonyl (C=O) groups is 3. The molecule has 1 unspecified atom stereocenters. The van der Waals surface area contributed by atoms with Gasteiger partial charge in [-0.05, 0) is 89.9 Å². The smallest absolute Gasteiger partial charge is 0.306 e. The van der Waals surface area contributed by atoms with E-state index in [0.29, 0.717) is 19.3 Å². The molecule has 0 aliphatic rings. The maximum absolute atomic E-state index is 12.8. The maximum Gasteiger partial charge on any atom is 0.306 e. The average Bonchev–Trinajstić information content (AvgIpc) is 3.38. The van der Waals surface area contributed by atoms with E-state index in [1.54, 1.807) is 0 Å². The molecule has 0 amide bonds. The SMILES string of the molecule is CCC/C=C\CCCCCCCC(=O)OCC(COC(=O)CCCCCCCCCCCCCCCCCCCCCCC/C=C\C/C=C\CCCCCCC)OC(=O)CCCCCCC/C=C\CCCC. The number of hydrogen-bond acceptors (Lipinski definition) is 6. The summed E-state index contributed by atoms with van der Waals surface area (Å²) in [5, 5.41) is 0. The Bertz CT molecular complexity index is 1250. The zero-order valence-electron chi connectivity index (χ0n) is 48.2. The Morgan fingerprint density at radius 1 is 0.278 bits per heavy atom. The highest BCUT2D eigenvalue weighted by Crippen LogP contribution is 2.17. The van der Waals surface area contributed by atoms with Gasteiger partial charge in [0.1, 0.15) is 13.2 Å². The summed E-state index contributed by atoms with van der Waals surface area (Å²) in [7, 11) is 0. The minimum Gasteiger partial charge on any atom is -0.462 e. The molecule has 0 bridgehead atoms. The molecular weight excluding hydrogens is 889 g/mol. The molecule has 0 aromatic heterocycles. The van der Waals surface area contributed by atoms with E-state index in [1.807, 2.05) is 0 Å². The molecule has 0 aliphatic carbocycles. The van der Waals surface area contributed by atoms with Gasteiger partial charge in [-0.15, -0.1) is 0 Å². The molecule has 0 rings (SSSR count). The van der Waals surface area contributed by atoms with Crippen LogP contribution >= 0.6 is 0 Å². The third-order valence-corrected chi connectivity index (χ3v) is 14.0. The Kier molecular flexibility index (Phi) is 58.7. The van der Waals surface area contributed by atoms with Crippen molar-refractivity contribution in [1.82, 2.24) is 0 Å². The largest absolute Gasteiger partial charge is 0.462 e. The van der Waals surface area contributed by atoms with Gasteiger partial charge < -0.3 is 14.2 Å². The fraction of sp³-hybridized carbons (Fsp3) is 0.833. The third kappa shape index (κ3) is 58.3. The van der Waals surface area contributed by atoms with E-state index in [4.69, 9.17) is 14.2 Å². The first-order valence-electron chi connectivity index (χ1n) is 31.6. The minimum absolute atomic E-state index is 0.0758. The second kappa shape index (κ2) is 60.9. The summed E-state index contributed by atoms with van der Waals surface area (Å²) >= 11 is 0. The number of hydrogen-bond donors (Lipinski definition) is 0. The molecular formula is C66H120O6. The van der Waals surface area contributed by atoms with E-state index in [-0.39, 0.29) is 31.1 Å². The number of unbranched alkanes of at least 4 members (excludes halogenated alkanes) is 39. The van der Waals surface area contributed by atoms with Crippen molar-refractivity contribution >= 4 is 17.9 Å². The number of carbonyl (C=O) groups excluding carboxylic acids is 3. The number of allylic oxidation sites excluding steroid dienone is 8. The van der Waals surface area contributed by atoms with E-state index in [1.165, 1.54) is 205 Å². The lowest BCUT2D eigenvalue weighted by molar-refractivity contribution is -0.167. The zero-order valence-corrected chi connectivity index (χ0v) is 48.2. The van der Waals surface area contributed by atoms with Crippen LogP contribution in [0.1, 0.15) is 335 Å². The third-order valence-electron chi connectivity index (χ3n) is 14.0. The molecule has 1 atom stereocenters. The normalized spacial score (nSPS) is 12.3. The summed E-state index contributed by atoms with van der Waals surface area (Å²) < 4.78 is 16.8. The van der Waals surface area contributed by atoms with Crippen molar-refractivity contribution in [3.05, 3.63) is 48.6 Å². The number of rotatable bonds is 58. The number of esters is 3. The summed E-state index contributed by atoms with van der Waals surface area (Å²) in [6.07, 6.45) is 75.9. The second-order valence-corrected chi connectivity index (χ2v) is 21.3.